The van der Waals surface area contributed by atoms with E-state index in [0.717, 1.165) is 39.2 Å². The Bertz CT molecular complexity index is 1240. The number of carbonyl (C=O) groups excluding carboxylic acids is 2. The van der Waals surface area contributed by atoms with Crippen molar-refractivity contribution in [1.82, 2.24) is 10.4 Å². The predicted molar refractivity (Wildman–Crippen MR) is 136 cm³/mol. The number of amides is 2. The summed E-state index contributed by atoms with van der Waals surface area (Å²) in [4.78, 5) is 25.8. The molecule has 0 saturated carbocycles. The molecule has 0 unspecified atom stereocenters. The van der Waals surface area contributed by atoms with Gasteiger partial charge in [0.25, 0.3) is 11.8 Å². The molecule has 1 N–H and O–H groups in total. The monoisotopic (exact) mass is 494 g/mol. The van der Waals surface area contributed by atoms with Crippen LogP contribution in [0.1, 0.15) is 27.0 Å². The van der Waals surface area contributed by atoms with Gasteiger partial charge in [-0.1, -0.05) is 71.9 Å². The zero-order valence-electron chi connectivity index (χ0n) is 17.6. The maximum Gasteiger partial charge on any atom is 0.285 e. The average molecular weight is 495 g/mol. The quantitative estimate of drug-likeness (QED) is 0.348. The van der Waals surface area contributed by atoms with Gasteiger partial charge in [0.15, 0.2) is 4.32 Å². The number of hydrogen-bond acceptors (Lipinski definition) is 5. The van der Waals surface area contributed by atoms with Crippen LogP contribution in [0.3, 0.4) is 0 Å². The molecule has 0 aromatic heterocycles. The van der Waals surface area contributed by atoms with Crippen LogP contribution in [0.15, 0.2) is 77.7 Å². The van der Waals surface area contributed by atoms with E-state index in [9.17, 15) is 9.59 Å². The second kappa shape index (κ2) is 10.2. The van der Waals surface area contributed by atoms with Gasteiger partial charge in [-0.05, 0) is 66.2 Å². The Hall–Kier alpha value is -3.13. The summed E-state index contributed by atoms with van der Waals surface area (Å²) < 4.78 is 6.04. The van der Waals surface area contributed by atoms with Crippen molar-refractivity contribution < 1.29 is 14.3 Å². The van der Waals surface area contributed by atoms with Gasteiger partial charge in [-0.15, -0.1) is 0 Å². The van der Waals surface area contributed by atoms with E-state index in [1.165, 1.54) is 0 Å². The number of ether oxygens (including phenoxy) is 1. The van der Waals surface area contributed by atoms with Crippen LogP contribution in [0.5, 0.6) is 5.75 Å². The minimum atomic E-state index is -0.502. The van der Waals surface area contributed by atoms with Crippen molar-refractivity contribution in [3.63, 3.8) is 0 Å². The molecule has 4 rings (SSSR count). The van der Waals surface area contributed by atoms with Gasteiger partial charge >= 0.3 is 0 Å². The molecule has 0 atom stereocenters. The van der Waals surface area contributed by atoms with E-state index in [2.05, 4.69) is 5.43 Å². The number of thioether (sulfide) groups is 1. The minimum absolute atomic E-state index is 0.241. The molecule has 8 heteroatoms. The Labute approximate surface area is 206 Å². The predicted octanol–water partition coefficient (Wildman–Crippen LogP) is 5.77. The van der Waals surface area contributed by atoms with Crippen molar-refractivity contribution in [2.45, 2.75) is 13.5 Å². The molecule has 1 aliphatic rings. The summed E-state index contributed by atoms with van der Waals surface area (Å²) in [7, 11) is 0. The molecular formula is C25H19ClN2O3S2. The lowest BCUT2D eigenvalue weighted by molar-refractivity contribution is -0.123. The Morgan fingerprint density at radius 2 is 1.85 bits per heavy atom. The first-order chi connectivity index (χ1) is 15.9. The number of nitrogens with one attached hydrogen (secondary N) is 1. The normalized spacial score (nSPS) is 14.6. The highest BCUT2D eigenvalue weighted by Crippen LogP contribution is 2.32. The van der Waals surface area contributed by atoms with E-state index in [-0.39, 0.29) is 9.88 Å². The van der Waals surface area contributed by atoms with Gasteiger partial charge in [-0.3, -0.25) is 15.0 Å². The van der Waals surface area contributed by atoms with Crippen molar-refractivity contribution in [3.05, 3.63) is 105 Å². The molecule has 1 aliphatic heterocycles. The highest BCUT2D eigenvalue weighted by atomic mass is 35.5. The largest absolute Gasteiger partial charge is 0.489 e. The van der Waals surface area contributed by atoms with Crippen LogP contribution in [0.2, 0.25) is 5.02 Å². The highest BCUT2D eigenvalue weighted by Gasteiger charge is 2.34. The van der Waals surface area contributed by atoms with Crippen LogP contribution in [-0.2, 0) is 11.4 Å². The van der Waals surface area contributed by atoms with E-state index < -0.39 is 11.8 Å². The van der Waals surface area contributed by atoms with E-state index in [1.807, 2.05) is 61.5 Å². The lowest BCUT2D eigenvalue weighted by atomic mass is 10.1. The molecule has 1 fully saturated rings. The number of hydrazine groups is 1. The fourth-order valence-corrected chi connectivity index (χ4v) is 4.58. The van der Waals surface area contributed by atoms with Crippen LogP contribution in [0.4, 0.5) is 0 Å². The summed E-state index contributed by atoms with van der Waals surface area (Å²) in [6.07, 6.45) is 1.73. The molecular weight excluding hydrogens is 476 g/mol. The molecule has 0 spiro atoms. The SMILES string of the molecule is Cc1ccc(C(=O)NN2C(=O)/C(=C\c3ccc(OCc4ccccc4)cc3)SC2=S)c(Cl)c1. The van der Waals surface area contributed by atoms with Crippen LogP contribution < -0.4 is 10.2 Å². The molecule has 3 aromatic rings. The van der Waals surface area contributed by atoms with Gasteiger partial charge in [0.1, 0.15) is 12.4 Å². The number of rotatable bonds is 6. The zero-order valence-corrected chi connectivity index (χ0v) is 20.0. The van der Waals surface area contributed by atoms with Gasteiger partial charge in [0.05, 0.1) is 15.5 Å². The highest BCUT2D eigenvalue weighted by molar-refractivity contribution is 8.26. The summed E-state index contributed by atoms with van der Waals surface area (Å²) in [5, 5.41) is 1.38. The molecule has 33 heavy (non-hydrogen) atoms. The van der Waals surface area contributed by atoms with Crippen molar-refractivity contribution in [2.24, 2.45) is 0 Å². The van der Waals surface area contributed by atoms with Crippen molar-refractivity contribution in [2.75, 3.05) is 0 Å². The number of benzene rings is 3. The third kappa shape index (κ3) is 5.63. The Kier molecular flexibility index (Phi) is 7.13. The average Bonchev–Trinajstić information content (AvgIpc) is 3.06. The number of nitrogens with zero attached hydrogens (tertiary/aromatic N) is 1. The molecule has 166 valence electrons. The van der Waals surface area contributed by atoms with E-state index in [1.54, 1.807) is 24.3 Å². The third-order valence-corrected chi connectivity index (χ3v) is 6.42. The van der Waals surface area contributed by atoms with Gasteiger partial charge in [-0.25, -0.2) is 0 Å². The number of halogens is 1. The Morgan fingerprint density at radius 3 is 2.55 bits per heavy atom. The Morgan fingerprint density at radius 1 is 1.12 bits per heavy atom. The molecule has 0 radical (unpaired) electrons. The lowest BCUT2D eigenvalue weighted by Crippen LogP contribution is -2.44. The summed E-state index contributed by atoms with van der Waals surface area (Å²) in [5.41, 5.74) is 5.65. The first-order valence-corrected chi connectivity index (χ1v) is 11.6. The molecule has 5 nitrogen and oxygen atoms in total. The van der Waals surface area contributed by atoms with Crippen molar-refractivity contribution in [3.8, 4) is 5.75 Å². The van der Waals surface area contributed by atoms with Gasteiger partial charge in [0, 0.05) is 0 Å². The minimum Gasteiger partial charge on any atom is -0.489 e. The van der Waals surface area contributed by atoms with Crippen LogP contribution >= 0.6 is 35.6 Å². The number of thiocarbonyl (C=S) groups is 1. The molecule has 1 saturated heterocycles. The van der Waals surface area contributed by atoms with E-state index >= 15 is 0 Å². The fraction of sp³-hybridized carbons (Fsp3) is 0.0800. The lowest BCUT2D eigenvalue weighted by Gasteiger charge is -2.16. The molecule has 0 bridgehead atoms. The van der Waals surface area contributed by atoms with E-state index in [0.29, 0.717) is 16.5 Å². The Balaban J connectivity index is 1.41. The number of carbonyl (C=O) groups is 2. The second-order valence-corrected chi connectivity index (χ2v) is 9.37. The first-order valence-electron chi connectivity index (χ1n) is 10.0. The zero-order chi connectivity index (χ0) is 23.4. The summed E-state index contributed by atoms with van der Waals surface area (Å²) in [6.45, 7) is 2.35. The fourth-order valence-electron chi connectivity index (χ4n) is 3.08. The smallest absolute Gasteiger partial charge is 0.285 e. The van der Waals surface area contributed by atoms with Crippen LogP contribution in [-0.4, -0.2) is 21.1 Å². The van der Waals surface area contributed by atoms with Crippen LogP contribution in [0.25, 0.3) is 6.08 Å². The maximum absolute atomic E-state index is 12.8. The third-order valence-electron chi connectivity index (χ3n) is 4.80. The topological polar surface area (TPSA) is 58.6 Å². The number of hydrogen-bond donors (Lipinski definition) is 1. The standard InChI is InChI=1S/C25H19ClN2O3S2/c1-16-7-12-20(21(26)13-16)23(29)27-28-24(30)22(33-25(28)32)14-17-8-10-19(11-9-17)31-15-18-5-3-2-4-6-18/h2-14H,15H2,1H3,(H,27,29)/b22-14+. The summed E-state index contributed by atoms with van der Waals surface area (Å²) >= 11 is 12.6. The molecule has 1 heterocycles. The van der Waals surface area contributed by atoms with Gasteiger partial charge in [0.2, 0.25) is 0 Å². The number of aryl methyl sites for hydroxylation is 1. The molecule has 0 aliphatic carbocycles. The van der Waals surface area contributed by atoms with Crippen molar-refractivity contribution >= 4 is 57.8 Å². The first kappa shape index (κ1) is 23.0. The molecule has 2 amide bonds. The van der Waals surface area contributed by atoms with Gasteiger partial charge in [-0.2, -0.15) is 5.01 Å². The molecule has 3 aromatic carbocycles. The maximum atomic E-state index is 12.8. The second-order valence-electron chi connectivity index (χ2n) is 7.28. The van der Waals surface area contributed by atoms with Crippen molar-refractivity contribution in [1.29, 1.82) is 0 Å². The summed E-state index contributed by atoms with van der Waals surface area (Å²) in [6, 6.07) is 22.4. The van der Waals surface area contributed by atoms with Crippen LogP contribution in [0, 0.1) is 6.92 Å². The summed E-state index contributed by atoms with van der Waals surface area (Å²) in [5.74, 6) is -0.172. The van der Waals surface area contributed by atoms with E-state index in [4.69, 9.17) is 28.6 Å². The van der Waals surface area contributed by atoms with Gasteiger partial charge < -0.3 is 4.74 Å².